The standard InChI is InChI=1S/C24H29N3O3/c1-17-23(18(2)30-26-17)16-29-22-12-10-20(11-13-22)24(28)25-15-21(27(3)4)14-19-8-6-5-7-9-19/h5-13,21H,14-16H2,1-4H3,(H,25,28). The number of benzene rings is 2. The van der Waals surface area contributed by atoms with Crippen LogP contribution in [0.2, 0.25) is 0 Å². The highest BCUT2D eigenvalue weighted by Gasteiger charge is 2.15. The summed E-state index contributed by atoms with van der Waals surface area (Å²) in [5.41, 5.74) is 3.64. The first-order valence-corrected chi connectivity index (χ1v) is 10.1. The summed E-state index contributed by atoms with van der Waals surface area (Å²) in [4.78, 5) is 14.7. The Morgan fingerprint density at radius 2 is 1.80 bits per heavy atom. The zero-order valence-corrected chi connectivity index (χ0v) is 18.0. The van der Waals surface area contributed by atoms with E-state index in [1.54, 1.807) is 24.3 Å². The number of likely N-dealkylation sites (N-methyl/N-ethyl adjacent to an activating group) is 1. The van der Waals surface area contributed by atoms with Crippen molar-refractivity contribution in [3.05, 3.63) is 82.7 Å². The minimum atomic E-state index is -0.0906. The Bertz CT molecular complexity index is 930. The van der Waals surface area contributed by atoms with E-state index in [-0.39, 0.29) is 11.9 Å². The van der Waals surface area contributed by atoms with E-state index in [1.165, 1.54) is 5.56 Å². The molecule has 1 atom stereocenters. The van der Waals surface area contributed by atoms with Crippen LogP contribution in [0.3, 0.4) is 0 Å². The molecule has 0 fully saturated rings. The number of aromatic nitrogens is 1. The molecule has 6 nitrogen and oxygen atoms in total. The molecule has 3 aromatic rings. The Hall–Kier alpha value is -3.12. The first kappa shape index (κ1) is 21.6. The molecule has 0 radical (unpaired) electrons. The van der Waals surface area contributed by atoms with Crippen molar-refractivity contribution in [3.63, 3.8) is 0 Å². The average molecular weight is 408 g/mol. The van der Waals surface area contributed by atoms with Crippen molar-refractivity contribution in [1.82, 2.24) is 15.4 Å². The number of hydrogen-bond donors (Lipinski definition) is 1. The quantitative estimate of drug-likeness (QED) is 0.585. The van der Waals surface area contributed by atoms with E-state index in [2.05, 4.69) is 27.5 Å². The topological polar surface area (TPSA) is 67.6 Å². The molecule has 0 saturated carbocycles. The van der Waals surface area contributed by atoms with Gasteiger partial charge in [0.1, 0.15) is 18.1 Å². The van der Waals surface area contributed by atoms with Gasteiger partial charge in [-0.15, -0.1) is 0 Å². The van der Waals surface area contributed by atoms with Crippen molar-refractivity contribution in [2.75, 3.05) is 20.6 Å². The molecule has 158 valence electrons. The Kier molecular flexibility index (Phi) is 7.25. The van der Waals surface area contributed by atoms with Crippen LogP contribution in [0.25, 0.3) is 0 Å². The van der Waals surface area contributed by atoms with Crippen molar-refractivity contribution in [3.8, 4) is 5.75 Å². The Morgan fingerprint density at radius 1 is 1.10 bits per heavy atom. The molecule has 3 rings (SSSR count). The maximum absolute atomic E-state index is 12.6. The van der Waals surface area contributed by atoms with Gasteiger partial charge in [-0.3, -0.25) is 4.79 Å². The SMILES string of the molecule is Cc1noc(C)c1COc1ccc(C(=O)NCC(Cc2ccccc2)N(C)C)cc1. The van der Waals surface area contributed by atoms with Gasteiger partial charge in [-0.05, 0) is 64.2 Å². The van der Waals surface area contributed by atoms with E-state index in [1.807, 2.05) is 46.1 Å². The molecule has 1 aromatic heterocycles. The number of rotatable bonds is 9. The molecule has 0 aliphatic heterocycles. The summed E-state index contributed by atoms with van der Waals surface area (Å²) in [6, 6.07) is 17.7. The van der Waals surface area contributed by atoms with Crippen molar-refractivity contribution >= 4 is 5.91 Å². The summed E-state index contributed by atoms with van der Waals surface area (Å²) >= 11 is 0. The number of aryl methyl sites for hydroxylation is 2. The van der Waals surface area contributed by atoms with Crippen LogP contribution in [-0.2, 0) is 13.0 Å². The molecule has 0 aliphatic rings. The van der Waals surface area contributed by atoms with E-state index in [4.69, 9.17) is 9.26 Å². The first-order chi connectivity index (χ1) is 14.4. The number of nitrogens with one attached hydrogen (secondary N) is 1. The van der Waals surface area contributed by atoms with Crippen molar-refractivity contribution < 1.29 is 14.1 Å². The molecule has 1 N–H and O–H groups in total. The predicted molar refractivity (Wildman–Crippen MR) is 117 cm³/mol. The third-order valence-corrected chi connectivity index (χ3v) is 5.22. The van der Waals surface area contributed by atoms with E-state index in [0.29, 0.717) is 24.5 Å². The molecule has 1 heterocycles. The lowest BCUT2D eigenvalue weighted by Crippen LogP contribution is -2.41. The minimum absolute atomic E-state index is 0.0906. The van der Waals surface area contributed by atoms with Gasteiger partial charge in [0.2, 0.25) is 0 Å². The molecule has 6 heteroatoms. The number of ether oxygens (including phenoxy) is 1. The highest BCUT2D eigenvalue weighted by atomic mass is 16.5. The van der Waals surface area contributed by atoms with Crippen LogP contribution < -0.4 is 10.1 Å². The third-order valence-electron chi connectivity index (χ3n) is 5.22. The molecule has 1 amide bonds. The Labute approximate surface area is 177 Å². The van der Waals surface area contributed by atoms with Gasteiger partial charge in [-0.2, -0.15) is 0 Å². The summed E-state index contributed by atoms with van der Waals surface area (Å²) < 4.78 is 11.0. The van der Waals surface area contributed by atoms with Crippen LogP contribution in [-0.4, -0.2) is 42.6 Å². The van der Waals surface area contributed by atoms with Gasteiger partial charge in [0.05, 0.1) is 11.3 Å². The lowest BCUT2D eigenvalue weighted by atomic mass is 10.0. The number of carbonyl (C=O) groups is 1. The van der Waals surface area contributed by atoms with Gasteiger partial charge in [0.25, 0.3) is 5.91 Å². The molecular formula is C24H29N3O3. The number of amides is 1. The maximum Gasteiger partial charge on any atom is 0.251 e. The van der Waals surface area contributed by atoms with Crippen LogP contribution in [0.1, 0.15) is 32.9 Å². The minimum Gasteiger partial charge on any atom is -0.489 e. The second kappa shape index (κ2) is 10.1. The number of carbonyl (C=O) groups excluding carboxylic acids is 1. The fourth-order valence-corrected chi connectivity index (χ4v) is 3.20. The summed E-state index contributed by atoms with van der Waals surface area (Å²) in [5, 5.41) is 6.97. The fourth-order valence-electron chi connectivity index (χ4n) is 3.20. The third kappa shape index (κ3) is 5.70. The van der Waals surface area contributed by atoms with E-state index in [0.717, 1.165) is 23.4 Å². The fraction of sp³-hybridized carbons (Fsp3) is 0.333. The molecule has 1 unspecified atom stereocenters. The summed E-state index contributed by atoms with van der Waals surface area (Å²) in [6.07, 6.45) is 0.878. The van der Waals surface area contributed by atoms with Gasteiger partial charge < -0.3 is 19.5 Å². The summed E-state index contributed by atoms with van der Waals surface area (Å²) in [7, 11) is 4.07. The first-order valence-electron chi connectivity index (χ1n) is 10.1. The lowest BCUT2D eigenvalue weighted by molar-refractivity contribution is 0.0941. The second-order valence-corrected chi connectivity index (χ2v) is 7.63. The monoisotopic (exact) mass is 407 g/mol. The molecular weight excluding hydrogens is 378 g/mol. The van der Waals surface area contributed by atoms with Crippen LogP contribution in [0.4, 0.5) is 0 Å². The molecule has 30 heavy (non-hydrogen) atoms. The molecule has 2 aromatic carbocycles. The van der Waals surface area contributed by atoms with Crippen LogP contribution in [0, 0.1) is 13.8 Å². The van der Waals surface area contributed by atoms with Crippen molar-refractivity contribution in [1.29, 1.82) is 0 Å². The van der Waals surface area contributed by atoms with E-state index in [9.17, 15) is 4.79 Å². The van der Waals surface area contributed by atoms with Crippen LogP contribution in [0.15, 0.2) is 59.1 Å². The van der Waals surface area contributed by atoms with Crippen molar-refractivity contribution in [2.45, 2.75) is 32.9 Å². The largest absolute Gasteiger partial charge is 0.489 e. The Balaban J connectivity index is 1.53. The molecule has 0 spiro atoms. The molecule has 0 bridgehead atoms. The zero-order chi connectivity index (χ0) is 21.5. The molecule has 0 saturated heterocycles. The van der Waals surface area contributed by atoms with Gasteiger partial charge in [0, 0.05) is 18.2 Å². The second-order valence-electron chi connectivity index (χ2n) is 7.63. The Morgan fingerprint density at radius 3 is 2.40 bits per heavy atom. The highest BCUT2D eigenvalue weighted by Crippen LogP contribution is 2.18. The van der Waals surface area contributed by atoms with Crippen LogP contribution in [0.5, 0.6) is 5.75 Å². The maximum atomic E-state index is 12.6. The zero-order valence-electron chi connectivity index (χ0n) is 18.0. The summed E-state index contributed by atoms with van der Waals surface area (Å²) in [5.74, 6) is 1.36. The normalized spacial score (nSPS) is 12.0. The lowest BCUT2D eigenvalue weighted by Gasteiger charge is -2.24. The smallest absolute Gasteiger partial charge is 0.251 e. The average Bonchev–Trinajstić information content (AvgIpc) is 3.07. The van der Waals surface area contributed by atoms with Gasteiger partial charge in [-0.25, -0.2) is 0 Å². The predicted octanol–water partition coefficient (Wildman–Crippen LogP) is 3.77. The van der Waals surface area contributed by atoms with Crippen LogP contribution >= 0.6 is 0 Å². The molecule has 0 aliphatic carbocycles. The van der Waals surface area contributed by atoms with E-state index < -0.39 is 0 Å². The van der Waals surface area contributed by atoms with Gasteiger partial charge >= 0.3 is 0 Å². The highest BCUT2D eigenvalue weighted by molar-refractivity contribution is 5.94. The summed E-state index contributed by atoms with van der Waals surface area (Å²) in [6.45, 7) is 4.72. The van der Waals surface area contributed by atoms with Gasteiger partial charge in [0.15, 0.2) is 0 Å². The number of hydrogen-bond acceptors (Lipinski definition) is 5. The number of nitrogens with zero attached hydrogens (tertiary/aromatic N) is 2. The van der Waals surface area contributed by atoms with E-state index >= 15 is 0 Å². The van der Waals surface area contributed by atoms with Crippen molar-refractivity contribution in [2.24, 2.45) is 0 Å². The van der Waals surface area contributed by atoms with Gasteiger partial charge in [-0.1, -0.05) is 35.5 Å².